The van der Waals surface area contributed by atoms with Crippen LogP contribution in [0, 0.1) is 20.8 Å². The molecule has 0 aliphatic carbocycles. The van der Waals surface area contributed by atoms with Gasteiger partial charge in [-0.2, -0.15) is 0 Å². The second-order valence-electron chi connectivity index (χ2n) is 7.64. The Morgan fingerprint density at radius 3 is 2.12 bits per heavy atom. The first kappa shape index (κ1) is 23.5. The third kappa shape index (κ3) is 6.43. The normalized spacial score (nSPS) is 10.3. The summed E-state index contributed by atoms with van der Waals surface area (Å²) in [6, 6.07) is 17.1. The van der Waals surface area contributed by atoms with E-state index >= 15 is 0 Å². The monoisotopic (exact) mass is 446 g/mol. The molecule has 3 aromatic carbocycles. The van der Waals surface area contributed by atoms with E-state index in [1.807, 2.05) is 32.9 Å². The topological polar surface area (TPSA) is 93.7 Å². The Morgan fingerprint density at radius 2 is 1.45 bits per heavy atom. The van der Waals surface area contributed by atoms with Crippen molar-refractivity contribution in [2.75, 3.05) is 17.2 Å². The first-order valence-corrected chi connectivity index (χ1v) is 10.4. The molecule has 2 N–H and O–H groups in total. The van der Waals surface area contributed by atoms with Gasteiger partial charge in [0.15, 0.2) is 6.61 Å². The summed E-state index contributed by atoms with van der Waals surface area (Å²) in [5.74, 6) is -0.0698. The molecule has 33 heavy (non-hydrogen) atoms. The van der Waals surface area contributed by atoms with Crippen LogP contribution in [0.5, 0.6) is 11.5 Å². The Kier molecular flexibility index (Phi) is 7.46. The van der Waals surface area contributed by atoms with Crippen molar-refractivity contribution in [1.82, 2.24) is 0 Å². The SMILES string of the molecule is CC(=O)Oc1cccc(C(=O)Nc2ccc(NC(=O)COc3c(C)ccc(C)c3C)cc2)c1. The van der Waals surface area contributed by atoms with Crippen LogP contribution < -0.4 is 20.1 Å². The predicted molar refractivity (Wildman–Crippen MR) is 127 cm³/mol. The molecular formula is C26H26N2O5. The van der Waals surface area contributed by atoms with Crippen LogP contribution in [0.2, 0.25) is 0 Å². The number of amides is 2. The Bertz CT molecular complexity index is 1190. The molecule has 7 heteroatoms. The molecular weight excluding hydrogens is 420 g/mol. The van der Waals surface area contributed by atoms with E-state index in [4.69, 9.17) is 9.47 Å². The van der Waals surface area contributed by atoms with Crippen LogP contribution in [0.4, 0.5) is 11.4 Å². The fourth-order valence-electron chi connectivity index (χ4n) is 3.19. The molecule has 0 bridgehead atoms. The van der Waals surface area contributed by atoms with Crippen LogP contribution in [0.15, 0.2) is 60.7 Å². The van der Waals surface area contributed by atoms with Gasteiger partial charge in [0.2, 0.25) is 0 Å². The minimum absolute atomic E-state index is 0.109. The molecule has 0 saturated heterocycles. The highest BCUT2D eigenvalue weighted by molar-refractivity contribution is 6.04. The predicted octanol–water partition coefficient (Wildman–Crippen LogP) is 4.81. The van der Waals surface area contributed by atoms with Gasteiger partial charge in [-0.15, -0.1) is 0 Å². The first-order chi connectivity index (χ1) is 15.7. The molecule has 2 amide bonds. The highest BCUT2D eigenvalue weighted by atomic mass is 16.5. The molecule has 0 heterocycles. The number of carbonyl (C=O) groups is 3. The first-order valence-electron chi connectivity index (χ1n) is 10.4. The minimum Gasteiger partial charge on any atom is -0.483 e. The van der Waals surface area contributed by atoms with E-state index < -0.39 is 5.97 Å². The highest BCUT2D eigenvalue weighted by Gasteiger charge is 2.11. The number of nitrogens with one attached hydrogen (secondary N) is 2. The van der Waals surface area contributed by atoms with Crippen molar-refractivity contribution in [1.29, 1.82) is 0 Å². The van der Waals surface area contributed by atoms with E-state index in [0.717, 1.165) is 22.4 Å². The average Bonchev–Trinajstić information content (AvgIpc) is 2.77. The van der Waals surface area contributed by atoms with Gasteiger partial charge in [0.1, 0.15) is 11.5 Å². The number of hydrogen-bond acceptors (Lipinski definition) is 5. The molecule has 0 saturated carbocycles. The van der Waals surface area contributed by atoms with Crippen molar-refractivity contribution in [3.05, 3.63) is 82.9 Å². The molecule has 0 fully saturated rings. The number of carbonyl (C=O) groups excluding carboxylic acids is 3. The van der Waals surface area contributed by atoms with Gasteiger partial charge >= 0.3 is 5.97 Å². The second-order valence-corrected chi connectivity index (χ2v) is 7.64. The van der Waals surface area contributed by atoms with Crippen LogP contribution in [-0.4, -0.2) is 24.4 Å². The third-order valence-corrected chi connectivity index (χ3v) is 5.01. The lowest BCUT2D eigenvalue weighted by atomic mass is 10.1. The largest absolute Gasteiger partial charge is 0.483 e. The molecule has 0 aromatic heterocycles. The minimum atomic E-state index is -0.459. The second kappa shape index (κ2) is 10.5. The third-order valence-electron chi connectivity index (χ3n) is 5.01. The summed E-state index contributed by atoms with van der Waals surface area (Å²) in [5, 5.41) is 5.55. The maximum atomic E-state index is 12.5. The standard InChI is InChI=1S/C26H26N2O5/c1-16-8-9-17(2)25(18(16)3)32-15-24(30)27-21-10-12-22(13-11-21)28-26(31)20-6-5-7-23(14-20)33-19(4)29/h5-14H,15H2,1-4H3,(H,27,30)(H,28,31). The Balaban J connectivity index is 1.56. The van der Waals surface area contributed by atoms with Crippen molar-refractivity contribution in [3.8, 4) is 11.5 Å². The van der Waals surface area contributed by atoms with Gasteiger partial charge < -0.3 is 20.1 Å². The molecule has 0 radical (unpaired) electrons. The van der Waals surface area contributed by atoms with Gasteiger partial charge in [-0.05, 0) is 79.9 Å². The van der Waals surface area contributed by atoms with Crippen LogP contribution in [0.25, 0.3) is 0 Å². The summed E-state index contributed by atoms with van der Waals surface area (Å²) in [6.07, 6.45) is 0. The summed E-state index contributed by atoms with van der Waals surface area (Å²) in [7, 11) is 0. The van der Waals surface area contributed by atoms with Crippen LogP contribution in [0.1, 0.15) is 34.0 Å². The van der Waals surface area contributed by atoms with E-state index in [2.05, 4.69) is 10.6 Å². The molecule has 3 aromatic rings. The molecule has 0 unspecified atom stereocenters. The lowest BCUT2D eigenvalue weighted by molar-refractivity contribution is -0.131. The zero-order valence-corrected chi connectivity index (χ0v) is 19.0. The number of hydrogen-bond donors (Lipinski definition) is 2. The van der Waals surface area contributed by atoms with E-state index in [1.165, 1.54) is 13.0 Å². The molecule has 0 spiro atoms. The molecule has 170 valence electrons. The summed E-state index contributed by atoms with van der Waals surface area (Å²) in [6.45, 7) is 7.10. The van der Waals surface area contributed by atoms with Crippen molar-refractivity contribution in [3.63, 3.8) is 0 Å². The van der Waals surface area contributed by atoms with E-state index in [0.29, 0.717) is 22.7 Å². The zero-order valence-electron chi connectivity index (χ0n) is 19.0. The quantitative estimate of drug-likeness (QED) is 0.401. The maximum Gasteiger partial charge on any atom is 0.308 e. The number of rotatable bonds is 7. The Hall–Kier alpha value is -4.13. The summed E-state index contributed by atoms with van der Waals surface area (Å²) < 4.78 is 10.7. The number of aryl methyl sites for hydroxylation is 2. The average molecular weight is 447 g/mol. The van der Waals surface area contributed by atoms with E-state index in [-0.39, 0.29) is 18.4 Å². The summed E-state index contributed by atoms with van der Waals surface area (Å²) in [5.41, 5.74) is 4.58. The van der Waals surface area contributed by atoms with Gasteiger partial charge in [0, 0.05) is 23.9 Å². The zero-order chi connectivity index (χ0) is 24.0. The smallest absolute Gasteiger partial charge is 0.308 e. The highest BCUT2D eigenvalue weighted by Crippen LogP contribution is 2.25. The lowest BCUT2D eigenvalue weighted by Gasteiger charge is -2.14. The molecule has 3 rings (SSSR count). The Morgan fingerprint density at radius 1 is 0.818 bits per heavy atom. The van der Waals surface area contributed by atoms with Gasteiger partial charge in [0.25, 0.3) is 11.8 Å². The van der Waals surface area contributed by atoms with Crippen molar-refractivity contribution >= 4 is 29.2 Å². The number of benzene rings is 3. The van der Waals surface area contributed by atoms with Crippen molar-refractivity contribution < 1.29 is 23.9 Å². The fraction of sp³-hybridized carbons (Fsp3) is 0.192. The molecule has 7 nitrogen and oxygen atoms in total. The van der Waals surface area contributed by atoms with Crippen LogP contribution in [-0.2, 0) is 9.59 Å². The number of esters is 1. The summed E-state index contributed by atoms with van der Waals surface area (Å²) >= 11 is 0. The van der Waals surface area contributed by atoms with Crippen LogP contribution >= 0.6 is 0 Å². The number of ether oxygens (including phenoxy) is 2. The molecule has 0 aliphatic rings. The van der Waals surface area contributed by atoms with Crippen molar-refractivity contribution in [2.24, 2.45) is 0 Å². The maximum absolute atomic E-state index is 12.5. The number of anilines is 2. The van der Waals surface area contributed by atoms with Crippen LogP contribution in [0.3, 0.4) is 0 Å². The fourth-order valence-corrected chi connectivity index (χ4v) is 3.19. The van der Waals surface area contributed by atoms with Crippen molar-refractivity contribution in [2.45, 2.75) is 27.7 Å². The van der Waals surface area contributed by atoms with Gasteiger partial charge in [-0.3, -0.25) is 14.4 Å². The lowest BCUT2D eigenvalue weighted by Crippen LogP contribution is -2.20. The van der Waals surface area contributed by atoms with E-state index in [1.54, 1.807) is 42.5 Å². The summed E-state index contributed by atoms with van der Waals surface area (Å²) in [4.78, 5) is 35.9. The molecule has 0 aliphatic heterocycles. The van der Waals surface area contributed by atoms with Gasteiger partial charge in [-0.25, -0.2) is 0 Å². The Labute approximate surface area is 192 Å². The molecule has 0 atom stereocenters. The van der Waals surface area contributed by atoms with E-state index in [9.17, 15) is 14.4 Å². The van der Waals surface area contributed by atoms with Gasteiger partial charge in [-0.1, -0.05) is 18.2 Å². The van der Waals surface area contributed by atoms with Gasteiger partial charge in [0.05, 0.1) is 0 Å².